The number of ether oxygens (including phenoxy) is 1. The van der Waals surface area contributed by atoms with Crippen molar-refractivity contribution in [3.05, 3.63) is 42.2 Å². The first kappa shape index (κ1) is 16.4. The monoisotopic (exact) mass is 303 g/mol. The Bertz CT molecular complexity index is 549. The van der Waals surface area contributed by atoms with Crippen LogP contribution in [-0.4, -0.2) is 28.1 Å². The molecule has 2 aromatic rings. The van der Waals surface area contributed by atoms with Gasteiger partial charge in [0.25, 0.3) is 0 Å². The van der Waals surface area contributed by atoms with E-state index in [0.29, 0.717) is 12.5 Å². The van der Waals surface area contributed by atoms with E-state index in [1.165, 1.54) is 5.56 Å². The zero-order valence-electron chi connectivity index (χ0n) is 13.3. The molecular weight excluding hydrogens is 278 g/mol. The highest BCUT2D eigenvalue weighted by atomic mass is 16.5. The Morgan fingerprint density at radius 2 is 2.05 bits per heavy atom. The topological polar surface area (TPSA) is 59.3 Å². The lowest BCUT2D eigenvalue weighted by molar-refractivity contribution is 0.269. The Balaban J connectivity index is 1.78. The molecule has 0 amide bonds. The number of hydrogen-bond donors (Lipinski definition) is 2. The van der Waals surface area contributed by atoms with Crippen molar-refractivity contribution in [1.29, 1.82) is 0 Å². The normalized spacial score (nSPS) is 10.9. The van der Waals surface area contributed by atoms with E-state index in [0.717, 1.165) is 31.0 Å². The van der Waals surface area contributed by atoms with Gasteiger partial charge in [0.05, 0.1) is 31.6 Å². The number of aromatic nitrogens is 2. The summed E-state index contributed by atoms with van der Waals surface area (Å²) in [7, 11) is 0. The standard InChI is InChI=1S/C17H25N3O2/c1-14(2)7-10-22-17-5-3-15(4-6-17)11-18-16-12-19-20(13-16)8-9-21/h3-6,12-14,18,21H,7-11H2,1-2H3. The van der Waals surface area contributed by atoms with Crippen molar-refractivity contribution in [2.75, 3.05) is 18.5 Å². The number of aliphatic hydroxyl groups excluding tert-OH is 1. The van der Waals surface area contributed by atoms with Gasteiger partial charge in [-0.3, -0.25) is 4.68 Å². The Morgan fingerprint density at radius 3 is 2.73 bits per heavy atom. The number of rotatable bonds is 9. The third-order valence-corrected chi connectivity index (χ3v) is 3.35. The summed E-state index contributed by atoms with van der Waals surface area (Å²) in [6, 6.07) is 8.14. The molecule has 120 valence electrons. The minimum atomic E-state index is 0.0966. The fourth-order valence-corrected chi connectivity index (χ4v) is 2.00. The quantitative estimate of drug-likeness (QED) is 0.748. The second-order valence-corrected chi connectivity index (χ2v) is 5.74. The van der Waals surface area contributed by atoms with Crippen molar-refractivity contribution in [3.63, 3.8) is 0 Å². The Labute approximate surface area is 131 Å². The van der Waals surface area contributed by atoms with E-state index in [1.807, 2.05) is 18.3 Å². The average Bonchev–Trinajstić information content (AvgIpc) is 2.94. The molecule has 5 nitrogen and oxygen atoms in total. The molecule has 0 bridgehead atoms. The second kappa shape index (κ2) is 8.44. The van der Waals surface area contributed by atoms with Crippen molar-refractivity contribution in [3.8, 4) is 5.75 Å². The molecule has 0 radical (unpaired) electrons. The number of nitrogens with one attached hydrogen (secondary N) is 1. The SMILES string of the molecule is CC(C)CCOc1ccc(CNc2cnn(CCO)c2)cc1. The maximum absolute atomic E-state index is 8.86. The van der Waals surface area contributed by atoms with Gasteiger partial charge in [-0.1, -0.05) is 26.0 Å². The summed E-state index contributed by atoms with van der Waals surface area (Å²) in [6.07, 6.45) is 4.72. The minimum absolute atomic E-state index is 0.0966. The van der Waals surface area contributed by atoms with E-state index in [2.05, 4.69) is 36.4 Å². The van der Waals surface area contributed by atoms with Crippen LogP contribution in [0.15, 0.2) is 36.7 Å². The molecule has 0 saturated heterocycles. The molecule has 0 unspecified atom stereocenters. The van der Waals surface area contributed by atoms with Crippen LogP contribution in [-0.2, 0) is 13.1 Å². The fraction of sp³-hybridized carbons (Fsp3) is 0.471. The van der Waals surface area contributed by atoms with E-state index in [4.69, 9.17) is 9.84 Å². The summed E-state index contributed by atoms with van der Waals surface area (Å²) >= 11 is 0. The summed E-state index contributed by atoms with van der Waals surface area (Å²) in [5.74, 6) is 1.58. The maximum Gasteiger partial charge on any atom is 0.119 e. The highest BCUT2D eigenvalue weighted by Crippen LogP contribution is 2.15. The van der Waals surface area contributed by atoms with Crippen LogP contribution in [0, 0.1) is 5.92 Å². The highest BCUT2D eigenvalue weighted by Gasteiger charge is 2.00. The predicted molar refractivity (Wildman–Crippen MR) is 88.0 cm³/mol. The lowest BCUT2D eigenvalue weighted by Crippen LogP contribution is -2.02. The lowest BCUT2D eigenvalue weighted by atomic mass is 10.1. The van der Waals surface area contributed by atoms with Crippen LogP contribution in [0.1, 0.15) is 25.8 Å². The molecule has 0 aliphatic carbocycles. The molecule has 0 spiro atoms. The Kier molecular flexibility index (Phi) is 6.27. The van der Waals surface area contributed by atoms with Gasteiger partial charge in [0.2, 0.25) is 0 Å². The molecule has 1 aromatic carbocycles. The summed E-state index contributed by atoms with van der Waals surface area (Å²) < 4.78 is 7.42. The molecule has 0 fully saturated rings. The lowest BCUT2D eigenvalue weighted by Gasteiger charge is -2.09. The number of nitrogens with zero attached hydrogens (tertiary/aromatic N) is 2. The molecular formula is C17H25N3O2. The third kappa shape index (κ3) is 5.41. The number of aliphatic hydroxyl groups is 1. The van der Waals surface area contributed by atoms with Crippen LogP contribution in [0.2, 0.25) is 0 Å². The Hall–Kier alpha value is -2.01. The molecule has 0 atom stereocenters. The van der Waals surface area contributed by atoms with E-state index < -0.39 is 0 Å². The first-order valence-electron chi connectivity index (χ1n) is 7.76. The van der Waals surface area contributed by atoms with Gasteiger partial charge in [-0.25, -0.2) is 0 Å². The van der Waals surface area contributed by atoms with Gasteiger partial charge >= 0.3 is 0 Å². The molecule has 5 heteroatoms. The zero-order chi connectivity index (χ0) is 15.8. The summed E-state index contributed by atoms with van der Waals surface area (Å²) in [5, 5.41) is 16.3. The van der Waals surface area contributed by atoms with Gasteiger partial charge in [-0.15, -0.1) is 0 Å². The molecule has 1 aromatic heterocycles. The molecule has 0 aliphatic heterocycles. The van der Waals surface area contributed by atoms with Crippen molar-refractivity contribution in [1.82, 2.24) is 9.78 Å². The van der Waals surface area contributed by atoms with Crippen molar-refractivity contribution < 1.29 is 9.84 Å². The summed E-state index contributed by atoms with van der Waals surface area (Å²) in [6.45, 7) is 6.50. The first-order valence-corrected chi connectivity index (χ1v) is 7.76. The highest BCUT2D eigenvalue weighted by molar-refractivity contribution is 5.39. The summed E-state index contributed by atoms with van der Waals surface area (Å²) in [5.41, 5.74) is 2.14. The molecule has 2 rings (SSSR count). The van der Waals surface area contributed by atoms with Gasteiger partial charge < -0.3 is 15.2 Å². The molecule has 2 N–H and O–H groups in total. The van der Waals surface area contributed by atoms with E-state index >= 15 is 0 Å². The molecule has 0 aliphatic rings. The zero-order valence-corrected chi connectivity index (χ0v) is 13.3. The van der Waals surface area contributed by atoms with Crippen LogP contribution in [0.25, 0.3) is 0 Å². The van der Waals surface area contributed by atoms with Gasteiger partial charge in [-0.2, -0.15) is 5.10 Å². The van der Waals surface area contributed by atoms with Gasteiger partial charge in [0, 0.05) is 12.7 Å². The number of hydrogen-bond acceptors (Lipinski definition) is 4. The van der Waals surface area contributed by atoms with Crippen LogP contribution in [0.4, 0.5) is 5.69 Å². The van der Waals surface area contributed by atoms with Crippen molar-refractivity contribution in [2.45, 2.75) is 33.4 Å². The van der Waals surface area contributed by atoms with Gasteiger partial charge in [0.1, 0.15) is 5.75 Å². The van der Waals surface area contributed by atoms with E-state index in [1.54, 1.807) is 10.9 Å². The number of anilines is 1. The average molecular weight is 303 g/mol. The summed E-state index contributed by atoms with van der Waals surface area (Å²) in [4.78, 5) is 0. The van der Waals surface area contributed by atoms with Crippen LogP contribution >= 0.6 is 0 Å². The molecule has 1 heterocycles. The van der Waals surface area contributed by atoms with Gasteiger partial charge in [-0.05, 0) is 30.0 Å². The van der Waals surface area contributed by atoms with Crippen LogP contribution in [0.3, 0.4) is 0 Å². The maximum atomic E-state index is 8.86. The second-order valence-electron chi connectivity index (χ2n) is 5.74. The van der Waals surface area contributed by atoms with Gasteiger partial charge in [0.15, 0.2) is 0 Å². The molecule has 22 heavy (non-hydrogen) atoms. The predicted octanol–water partition coefficient (Wildman–Crippen LogP) is 2.91. The van der Waals surface area contributed by atoms with Crippen molar-refractivity contribution in [2.24, 2.45) is 5.92 Å². The van der Waals surface area contributed by atoms with E-state index in [9.17, 15) is 0 Å². The van der Waals surface area contributed by atoms with Crippen molar-refractivity contribution >= 4 is 5.69 Å². The number of benzene rings is 1. The van der Waals surface area contributed by atoms with E-state index in [-0.39, 0.29) is 6.61 Å². The fourth-order valence-electron chi connectivity index (χ4n) is 2.00. The largest absolute Gasteiger partial charge is 0.494 e. The smallest absolute Gasteiger partial charge is 0.119 e. The molecule has 0 saturated carbocycles. The first-order chi connectivity index (χ1) is 10.7. The van der Waals surface area contributed by atoms with Crippen LogP contribution < -0.4 is 10.1 Å². The van der Waals surface area contributed by atoms with Crippen LogP contribution in [0.5, 0.6) is 5.75 Å². The Morgan fingerprint density at radius 1 is 1.27 bits per heavy atom. The minimum Gasteiger partial charge on any atom is -0.494 e. The third-order valence-electron chi connectivity index (χ3n) is 3.35.